The maximum absolute atomic E-state index is 12.2. The zero-order valence-corrected chi connectivity index (χ0v) is 13.6. The molecule has 0 bridgehead atoms. The topological polar surface area (TPSA) is 71.3 Å². The number of carbonyl (C=O) groups is 1. The van der Waals surface area contributed by atoms with Crippen LogP contribution < -0.4 is 10.2 Å². The van der Waals surface area contributed by atoms with Crippen LogP contribution >= 0.6 is 0 Å². The molecule has 0 unspecified atom stereocenters. The van der Waals surface area contributed by atoms with Gasteiger partial charge < -0.3 is 14.7 Å². The largest absolute Gasteiger partial charge is 0.378 e. The first-order chi connectivity index (χ1) is 11.6. The minimum Gasteiger partial charge on any atom is -0.378 e. The summed E-state index contributed by atoms with van der Waals surface area (Å²) >= 11 is 0. The highest BCUT2D eigenvalue weighted by Crippen LogP contribution is 2.15. The molecule has 3 aromatic rings. The van der Waals surface area contributed by atoms with Crippen molar-refractivity contribution in [2.24, 2.45) is 0 Å². The number of rotatable bonds is 5. The van der Waals surface area contributed by atoms with Crippen molar-refractivity contribution < 1.29 is 9.32 Å². The maximum Gasteiger partial charge on any atom is 0.251 e. The second-order valence-corrected chi connectivity index (χ2v) is 5.50. The fraction of sp³-hybridized carbons (Fsp3) is 0.167. The highest BCUT2D eigenvalue weighted by atomic mass is 16.5. The van der Waals surface area contributed by atoms with Crippen molar-refractivity contribution in [3.05, 3.63) is 66.1 Å². The van der Waals surface area contributed by atoms with Crippen molar-refractivity contribution in [3.8, 4) is 11.4 Å². The smallest absolute Gasteiger partial charge is 0.251 e. The van der Waals surface area contributed by atoms with Gasteiger partial charge in [0.2, 0.25) is 11.7 Å². The zero-order chi connectivity index (χ0) is 16.9. The molecule has 122 valence electrons. The number of nitrogens with one attached hydrogen (secondary N) is 1. The molecule has 0 fully saturated rings. The van der Waals surface area contributed by atoms with E-state index in [1.165, 1.54) is 0 Å². The second-order valence-electron chi connectivity index (χ2n) is 5.50. The van der Waals surface area contributed by atoms with Gasteiger partial charge in [0.25, 0.3) is 5.91 Å². The maximum atomic E-state index is 12.2. The van der Waals surface area contributed by atoms with Gasteiger partial charge in [0.1, 0.15) is 0 Å². The molecule has 1 amide bonds. The minimum atomic E-state index is -0.181. The van der Waals surface area contributed by atoms with Gasteiger partial charge in [0.05, 0.1) is 6.54 Å². The fourth-order valence-electron chi connectivity index (χ4n) is 2.20. The van der Waals surface area contributed by atoms with Gasteiger partial charge in [-0.1, -0.05) is 35.5 Å². The number of carbonyl (C=O) groups excluding carboxylic acids is 1. The van der Waals surface area contributed by atoms with E-state index < -0.39 is 0 Å². The molecule has 0 radical (unpaired) electrons. The molecule has 0 saturated heterocycles. The molecule has 24 heavy (non-hydrogen) atoms. The first kappa shape index (κ1) is 15.7. The van der Waals surface area contributed by atoms with Gasteiger partial charge in [-0.3, -0.25) is 4.79 Å². The summed E-state index contributed by atoms with van der Waals surface area (Å²) in [6.07, 6.45) is 0. The predicted molar refractivity (Wildman–Crippen MR) is 91.7 cm³/mol. The molecule has 0 saturated carbocycles. The number of anilines is 1. The van der Waals surface area contributed by atoms with Crippen LogP contribution in [0.5, 0.6) is 0 Å². The third-order valence-corrected chi connectivity index (χ3v) is 3.55. The molecule has 2 aromatic carbocycles. The van der Waals surface area contributed by atoms with Gasteiger partial charge in [-0.05, 0) is 24.3 Å². The lowest BCUT2D eigenvalue weighted by Gasteiger charge is -2.12. The third kappa shape index (κ3) is 3.60. The number of aromatic nitrogens is 2. The Bertz CT molecular complexity index is 811. The summed E-state index contributed by atoms with van der Waals surface area (Å²) in [6.45, 7) is 0.189. The second kappa shape index (κ2) is 6.95. The van der Waals surface area contributed by atoms with E-state index in [4.69, 9.17) is 4.52 Å². The van der Waals surface area contributed by atoms with E-state index in [2.05, 4.69) is 15.5 Å². The normalized spacial score (nSPS) is 10.4. The SMILES string of the molecule is CN(C)c1ccc(C(=O)NCc2nc(-c3ccccc3)no2)cc1. The van der Waals surface area contributed by atoms with Gasteiger partial charge in [-0.25, -0.2) is 0 Å². The van der Waals surface area contributed by atoms with Crippen molar-refractivity contribution in [3.63, 3.8) is 0 Å². The Hall–Kier alpha value is -3.15. The average molecular weight is 322 g/mol. The summed E-state index contributed by atoms with van der Waals surface area (Å²) in [5.74, 6) is 0.696. The summed E-state index contributed by atoms with van der Waals surface area (Å²) < 4.78 is 5.17. The average Bonchev–Trinajstić information content (AvgIpc) is 3.09. The molecule has 0 aliphatic carbocycles. The van der Waals surface area contributed by atoms with Crippen LogP contribution in [0.3, 0.4) is 0 Å². The Morgan fingerprint density at radius 1 is 1.08 bits per heavy atom. The highest BCUT2D eigenvalue weighted by molar-refractivity contribution is 5.94. The quantitative estimate of drug-likeness (QED) is 0.782. The van der Waals surface area contributed by atoms with Gasteiger partial charge >= 0.3 is 0 Å². The van der Waals surface area contributed by atoms with Gasteiger partial charge in [-0.15, -0.1) is 0 Å². The lowest BCUT2D eigenvalue weighted by Crippen LogP contribution is -2.23. The molecular weight excluding hydrogens is 304 g/mol. The molecule has 3 rings (SSSR count). The Balaban J connectivity index is 1.61. The van der Waals surface area contributed by atoms with Crippen LogP contribution in [0.15, 0.2) is 59.1 Å². The molecular formula is C18H18N4O2. The number of amides is 1. The number of hydrogen-bond donors (Lipinski definition) is 1. The summed E-state index contributed by atoms with van der Waals surface area (Å²) in [6, 6.07) is 16.9. The van der Waals surface area contributed by atoms with Crippen molar-refractivity contribution in [1.29, 1.82) is 0 Å². The third-order valence-electron chi connectivity index (χ3n) is 3.55. The van der Waals surface area contributed by atoms with Crippen LogP contribution in [0.25, 0.3) is 11.4 Å². The summed E-state index contributed by atoms with van der Waals surface area (Å²) in [5, 5.41) is 6.71. The van der Waals surface area contributed by atoms with E-state index in [0.29, 0.717) is 17.3 Å². The van der Waals surface area contributed by atoms with Gasteiger partial charge in [0.15, 0.2) is 0 Å². The lowest BCUT2D eigenvalue weighted by molar-refractivity contribution is 0.0946. The van der Waals surface area contributed by atoms with E-state index >= 15 is 0 Å². The van der Waals surface area contributed by atoms with Crippen LogP contribution in [-0.2, 0) is 6.54 Å². The molecule has 0 spiro atoms. The van der Waals surface area contributed by atoms with Gasteiger partial charge in [-0.2, -0.15) is 4.98 Å². The molecule has 1 aromatic heterocycles. The summed E-state index contributed by atoms with van der Waals surface area (Å²) in [7, 11) is 3.91. The van der Waals surface area contributed by atoms with Crippen LogP contribution in [0.4, 0.5) is 5.69 Å². The van der Waals surface area contributed by atoms with Crippen molar-refractivity contribution in [2.45, 2.75) is 6.54 Å². The van der Waals surface area contributed by atoms with Crippen LogP contribution in [-0.4, -0.2) is 30.1 Å². The van der Waals surface area contributed by atoms with Crippen LogP contribution in [0.1, 0.15) is 16.2 Å². The molecule has 6 heteroatoms. The minimum absolute atomic E-state index is 0.181. The molecule has 1 N–H and O–H groups in total. The Kier molecular flexibility index (Phi) is 4.56. The molecule has 1 heterocycles. The van der Waals surface area contributed by atoms with E-state index in [0.717, 1.165) is 11.3 Å². The first-order valence-corrected chi connectivity index (χ1v) is 7.57. The monoisotopic (exact) mass is 322 g/mol. The van der Waals surface area contributed by atoms with E-state index in [-0.39, 0.29) is 12.5 Å². The Morgan fingerprint density at radius 3 is 2.46 bits per heavy atom. The van der Waals surface area contributed by atoms with Crippen LogP contribution in [0.2, 0.25) is 0 Å². The van der Waals surface area contributed by atoms with Crippen molar-refractivity contribution in [2.75, 3.05) is 19.0 Å². The molecule has 0 aliphatic heterocycles. The zero-order valence-electron chi connectivity index (χ0n) is 13.6. The van der Waals surface area contributed by atoms with E-state index in [9.17, 15) is 4.79 Å². The fourth-order valence-corrected chi connectivity index (χ4v) is 2.20. The Labute approximate surface area is 140 Å². The number of benzene rings is 2. The van der Waals surface area contributed by atoms with Crippen molar-refractivity contribution in [1.82, 2.24) is 15.5 Å². The molecule has 6 nitrogen and oxygen atoms in total. The summed E-state index contributed by atoms with van der Waals surface area (Å²) in [5.41, 5.74) is 2.50. The highest BCUT2D eigenvalue weighted by Gasteiger charge is 2.11. The molecule has 0 atom stereocenters. The predicted octanol–water partition coefficient (Wildman–Crippen LogP) is 2.73. The van der Waals surface area contributed by atoms with E-state index in [1.807, 2.05) is 61.5 Å². The van der Waals surface area contributed by atoms with Gasteiger partial charge in [0, 0.05) is 30.9 Å². The molecule has 0 aliphatic rings. The van der Waals surface area contributed by atoms with Crippen molar-refractivity contribution >= 4 is 11.6 Å². The number of hydrogen-bond acceptors (Lipinski definition) is 5. The first-order valence-electron chi connectivity index (χ1n) is 7.57. The number of nitrogens with zero attached hydrogens (tertiary/aromatic N) is 3. The Morgan fingerprint density at radius 2 is 1.79 bits per heavy atom. The standard InChI is InChI=1S/C18H18N4O2/c1-22(2)15-10-8-14(9-11-15)18(23)19-12-16-20-17(21-24-16)13-6-4-3-5-7-13/h3-11H,12H2,1-2H3,(H,19,23). The van der Waals surface area contributed by atoms with E-state index in [1.54, 1.807) is 12.1 Å². The lowest BCUT2D eigenvalue weighted by atomic mass is 10.2. The summed E-state index contributed by atoms with van der Waals surface area (Å²) in [4.78, 5) is 18.4. The van der Waals surface area contributed by atoms with Crippen LogP contribution in [0, 0.1) is 0 Å².